The molecule has 2 aromatic rings. The zero-order valence-corrected chi connectivity index (χ0v) is 17.4. The van der Waals surface area contributed by atoms with E-state index in [1.165, 1.54) is 13.4 Å². The molecule has 2 amide bonds. The number of esters is 1. The smallest absolute Gasteiger partial charge is 0.327 e. The lowest BCUT2D eigenvalue weighted by molar-refractivity contribution is -0.148. The van der Waals surface area contributed by atoms with Gasteiger partial charge in [0.1, 0.15) is 6.04 Å². The van der Waals surface area contributed by atoms with E-state index in [0.29, 0.717) is 36.8 Å². The molecule has 1 saturated heterocycles. The van der Waals surface area contributed by atoms with Crippen LogP contribution in [0.1, 0.15) is 28.6 Å². The van der Waals surface area contributed by atoms with E-state index < -0.39 is 6.04 Å². The van der Waals surface area contributed by atoms with Gasteiger partial charge in [0.05, 0.1) is 13.4 Å². The minimum Gasteiger partial charge on any atom is -0.468 e. The van der Waals surface area contributed by atoms with Crippen molar-refractivity contribution in [2.45, 2.75) is 12.5 Å². The monoisotopic (exact) mass is 433 g/mol. The number of hydrogen-bond donors (Lipinski definition) is 1. The number of ether oxygens (including phenoxy) is 1. The van der Waals surface area contributed by atoms with Crippen molar-refractivity contribution in [3.8, 4) is 0 Å². The van der Waals surface area contributed by atoms with Gasteiger partial charge in [-0.3, -0.25) is 14.5 Å². The molecular weight excluding hydrogens is 410 g/mol. The number of nitrogens with zero attached hydrogens (tertiary/aromatic N) is 2. The Labute approximate surface area is 179 Å². The average molecular weight is 434 g/mol. The van der Waals surface area contributed by atoms with Gasteiger partial charge in [-0.25, -0.2) is 4.79 Å². The molecular formula is C21H24ClN3O5. The highest BCUT2D eigenvalue weighted by molar-refractivity contribution is 6.31. The first-order valence-electron chi connectivity index (χ1n) is 9.67. The third-order valence-electron chi connectivity index (χ3n) is 5.03. The van der Waals surface area contributed by atoms with E-state index in [4.69, 9.17) is 20.8 Å². The van der Waals surface area contributed by atoms with Crippen molar-refractivity contribution in [1.29, 1.82) is 0 Å². The topological polar surface area (TPSA) is 92.1 Å². The van der Waals surface area contributed by atoms with E-state index >= 15 is 0 Å². The molecule has 1 fully saturated rings. The molecule has 1 aliphatic heterocycles. The lowest BCUT2D eigenvalue weighted by Crippen LogP contribution is -2.51. The summed E-state index contributed by atoms with van der Waals surface area (Å²) in [6.07, 6.45) is 1.61. The molecule has 9 heteroatoms. The van der Waals surface area contributed by atoms with Crippen LogP contribution in [0, 0.1) is 0 Å². The number of methoxy groups -OCH3 is 1. The SMILES string of the molecule is COC(=O)C(c1ccccc1Cl)N1CCN(C(=O)CCNC(=O)c2ccco2)CC1. The van der Waals surface area contributed by atoms with Crippen LogP contribution in [-0.4, -0.2) is 67.4 Å². The molecule has 160 valence electrons. The molecule has 0 spiro atoms. The van der Waals surface area contributed by atoms with Gasteiger partial charge in [0, 0.05) is 44.2 Å². The van der Waals surface area contributed by atoms with E-state index in [2.05, 4.69) is 5.32 Å². The van der Waals surface area contributed by atoms with Gasteiger partial charge in [-0.15, -0.1) is 0 Å². The normalized spacial score (nSPS) is 15.5. The Bertz CT molecular complexity index is 879. The third-order valence-corrected chi connectivity index (χ3v) is 5.37. The number of furan rings is 1. The van der Waals surface area contributed by atoms with Gasteiger partial charge in [0.25, 0.3) is 5.91 Å². The predicted octanol–water partition coefficient (Wildman–Crippen LogP) is 2.11. The van der Waals surface area contributed by atoms with Gasteiger partial charge in [0.15, 0.2) is 5.76 Å². The van der Waals surface area contributed by atoms with E-state index in [1.807, 2.05) is 17.0 Å². The van der Waals surface area contributed by atoms with E-state index in [-0.39, 0.29) is 36.5 Å². The van der Waals surface area contributed by atoms with E-state index in [0.717, 1.165) is 0 Å². The lowest BCUT2D eigenvalue weighted by Gasteiger charge is -2.38. The largest absolute Gasteiger partial charge is 0.468 e. The minimum atomic E-state index is -0.617. The van der Waals surface area contributed by atoms with Gasteiger partial charge in [0.2, 0.25) is 5.91 Å². The highest BCUT2D eigenvalue weighted by Gasteiger charge is 2.33. The number of piperazine rings is 1. The number of carbonyl (C=O) groups excluding carboxylic acids is 3. The maximum Gasteiger partial charge on any atom is 0.327 e. The van der Waals surface area contributed by atoms with Crippen molar-refractivity contribution in [3.05, 3.63) is 59.0 Å². The molecule has 8 nitrogen and oxygen atoms in total. The summed E-state index contributed by atoms with van der Waals surface area (Å²) < 4.78 is 10.0. The van der Waals surface area contributed by atoms with Crippen molar-refractivity contribution in [2.24, 2.45) is 0 Å². The Hall–Kier alpha value is -2.84. The fourth-order valence-corrected chi connectivity index (χ4v) is 3.69. The molecule has 30 heavy (non-hydrogen) atoms. The van der Waals surface area contributed by atoms with Gasteiger partial charge >= 0.3 is 5.97 Å². The minimum absolute atomic E-state index is 0.0539. The fraction of sp³-hybridized carbons (Fsp3) is 0.381. The standard InChI is InChI=1S/C21H24ClN3O5/c1-29-21(28)19(15-5-2-3-6-16(15)22)25-12-10-24(11-13-25)18(26)8-9-23-20(27)17-7-4-14-30-17/h2-7,14,19H,8-13H2,1H3,(H,23,27). The van der Waals surface area contributed by atoms with Crippen LogP contribution in [0.2, 0.25) is 5.02 Å². The molecule has 1 atom stereocenters. The number of amides is 2. The third kappa shape index (κ3) is 5.20. The van der Waals surface area contributed by atoms with Crippen LogP contribution >= 0.6 is 11.6 Å². The Morgan fingerprint density at radius 2 is 1.87 bits per heavy atom. The molecule has 0 saturated carbocycles. The fourth-order valence-electron chi connectivity index (χ4n) is 3.45. The number of hydrogen-bond acceptors (Lipinski definition) is 6. The second-order valence-corrected chi connectivity index (χ2v) is 7.25. The van der Waals surface area contributed by atoms with Crippen molar-refractivity contribution in [2.75, 3.05) is 39.8 Å². The quantitative estimate of drug-likeness (QED) is 0.672. The Morgan fingerprint density at radius 3 is 2.50 bits per heavy atom. The molecule has 1 aromatic carbocycles. The number of halogens is 1. The van der Waals surface area contributed by atoms with Crippen LogP contribution in [0.4, 0.5) is 0 Å². The highest BCUT2D eigenvalue weighted by Crippen LogP contribution is 2.29. The first-order valence-corrected chi connectivity index (χ1v) is 10.0. The zero-order valence-electron chi connectivity index (χ0n) is 16.7. The van der Waals surface area contributed by atoms with Gasteiger partial charge in [-0.05, 0) is 23.8 Å². The summed E-state index contributed by atoms with van der Waals surface area (Å²) in [7, 11) is 1.35. The van der Waals surface area contributed by atoms with Crippen molar-refractivity contribution in [1.82, 2.24) is 15.1 Å². The maximum absolute atomic E-state index is 12.5. The summed E-state index contributed by atoms with van der Waals surface area (Å²) in [6, 6.07) is 9.76. The summed E-state index contributed by atoms with van der Waals surface area (Å²) in [5.74, 6) is -0.576. The second kappa shape index (κ2) is 10.3. The molecule has 2 heterocycles. The molecule has 0 radical (unpaired) electrons. The summed E-state index contributed by atoms with van der Waals surface area (Å²) in [5.41, 5.74) is 0.687. The molecule has 0 bridgehead atoms. The average Bonchev–Trinajstić information content (AvgIpc) is 3.30. The van der Waals surface area contributed by atoms with Crippen LogP contribution < -0.4 is 5.32 Å². The van der Waals surface area contributed by atoms with Crippen LogP contribution in [0.3, 0.4) is 0 Å². The lowest BCUT2D eigenvalue weighted by atomic mass is 10.0. The Balaban J connectivity index is 1.52. The molecule has 1 aromatic heterocycles. The van der Waals surface area contributed by atoms with Crippen molar-refractivity contribution in [3.63, 3.8) is 0 Å². The van der Waals surface area contributed by atoms with Crippen molar-refractivity contribution >= 4 is 29.4 Å². The molecule has 1 unspecified atom stereocenters. The van der Waals surface area contributed by atoms with Gasteiger partial charge in [-0.2, -0.15) is 0 Å². The maximum atomic E-state index is 12.5. The van der Waals surface area contributed by atoms with Gasteiger partial charge < -0.3 is 19.4 Å². The Kier molecular flexibility index (Phi) is 7.48. The van der Waals surface area contributed by atoms with Crippen LogP contribution in [0.5, 0.6) is 0 Å². The molecule has 1 N–H and O–H groups in total. The first-order chi connectivity index (χ1) is 14.5. The second-order valence-electron chi connectivity index (χ2n) is 6.85. The number of benzene rings is 1. The summed E-state index contributed by atoms with van der Waals surface area (Å²) in [6.45, 7) is 2.19. The Morgan fingerprint density at radius 1 is 1.13 bits per heavy atom. The zero-order chi connectivity index (χ0) is 21.5. The summed E-state index contributed by atoms with van der Waals surface area (Å²) >= 11 is 6.30. The molecule has 1 aliphatic rings. The summed E-state index contributed by atoms with van der Waals surface area (Å²) in [5, 5.41) is 3.16. The summed E-state index contributed by atoms with van der Waals surface area (Å²) in [4.78, 5) is 40.5. The number of nitrogens with one attached hydrogen (secondary N) is 1. The van der Waals surface area contributed by atoms with Crippen LogP contribution in [0.15, 0.2) is 47.1 Å². The van der Waals surface area contributed by atoms with E-state index in [1.54, 1.807) is 29.2 Å². The highest BCUT2D eigenvalue weighted by atomic mass is 35.5. The first kappa shape index (κ1) is 21.9. The molecule has 3 rings (SSSR count). The number of rotatable bonds is 7. The van der Waals surface area contributed by atoms with Crippen molar-refractivity contribution < 1.29 is 23.5 Å². The number of carbonyl (C=O) groups is 3. The van der Waals surface area contributed by atoms with Gasteiger partial charge in [-0.1, -0.05) is 29.8 Å². The predicted molar refractivity (Wildman–Crippen MR) is 110 cm³/mol. The molecule has 0 aliphatic carbocycles. The van der Waals surface area contributed by atoms with E-state index in [9.17, 15) is 14.4 Å². The van der Waals surface area contributed by atoms with Crippen LogP contribution in [-0.2, 0) is 14.3 Å². The van der Waals surface area contributed by atoms with Crippen LogP contribution in [0.25, 0.3) is 0 Å².